The minimum Gasteiger partial charge on any atom is -0.381 e. The average molecular weight is 533 g/mol. The van der Waals surface area contributed by atoms with E-state index in [0.717, 1.165) is 43.9 Å². The van der Waals surface area contributed by atoms with Gasteiger partial charge in [0.2, 0.25) is 0 Å². The Labute approximate surface area is 197 Å². The number of rotatable bonds is 8. The van der Waals surface area contributed by atoms with Crippen LogP contribution in [-0.4, -0.2) is 52.0 Å². The summed E-state index contributed by atoms with van der Waals surface area (Å²) in [5.41, 5.74) is 0.895. The van der Waals surface area contributed by atoms with Gasteiger partial charge in [-0.1, -0.05) is 31.4 Å². The van der Waals surface area contributed by atoms with Crippen LogP contribution in [0, 0.1) is 5.82 Å². The molecule has 7 heteroatoms. The van der Waals surface area contributed by atoms with Crippen molar-refractivity contribution in [2.75, 3.05) is 40.0 Å². The van der Waals surface area contributed by atoms with Gasteiger partial charge in [-0.2, -0.15) is 0 Å². The van der Waals surface area contributed by atoms with Crippen LogP contribution < -0.4 is 10.6 Å². The lowest BCUT2D eigenvalue weighted by Gasteiger charge is -2.38. The van der Waals surface area contributed by atoms with Gasteiger partial charge in [0.15, 0.2) is 5.96 Å². The number of nitrogens with zero attached hydrogens (tertiary/aromatic N) is 1. The molecule has 0 bridgehead atoms. The number of aliphatic imine (C=N–C) groups is 1. The fraction of sp³-hybridized carbons (Fsp3) is 0.696. The third-order valence-electron chi connectivity index (χ3n) is 6.22. The Morgan fingerprint density at radius 1 is 1.20 bits per heavy atom. The Balaban J connectivity index is 0.00000320. The number of hydrogen-bond donors (Lipinski definition) is 2. The molecule has 5 nitrogen and oxygen atoms in total. The van der Waals surface area contributed by atoms with E-state index in [2.05, 4.69) is 15.6 Å². The van der Waals surface area contributed by atoms with Crippen molar-refractivity contribution in [2.45, 2.75) is 62.9 Å². The van der Waals surface area contributed by atoms with E-state index in [4.69, 9.17) is 9.47 Å². The van der Waals surface area contributed by atoms with E-state index in [1.807, 2.05) is 6.07 Å². The first-order valence-corrected chi connectivity index (χ1v) is 11.1. The van der Waals surface area contributed by atoms with Gasteiger partial charge in [-0.25, -0.2) is 4.39 Å². The standard InChI is InChI=1S/C23H36FN3O2.HI/c1-25-22(26-13-6-14-29-21-9-3-2-4-10-21)27-18-23(11-15-28-16-12-23)19-7-5-8-20(24)17-19;/h5,7-8,17,21H,2-4,6,9-16,18H2,1H3,(H2,25,26,27);1H. The van der Waals surface area contributed by atoms with Gasteiger partial charge in [-0.15, -0.1) is 24.0 Å². The average Bonchev–Trinajstić information content (AvgIpc) is 2.77. The molecule has 0 aromatic heterocycles. The monoisotopic (exact) mass is 533 g/mol. The fourth-order valence-corrected chi connectivity index (χ4v) is 4.38. The van der Waals surface area contributed by atoms with Crippen LogP contribution in [0.2, 0.25) is 0 Å². The lowest BCUT2D eigenvalue weighted by Crippen LogP contribution is -2.48. The summed E-state index contributed by atoms with van der Waals surface area (Å²) in [7, 11) is 1.78. The highest BCUT2D eigenvalue weighted by molar-refractivity contribution is 14.0. The molecule has 1 saturated carbocycles. The predicted octanol–water partition coefficient (Wildman–Crippen LogP) is 4.40. The molecule has 1 aliphatic heterocycles. The summed E-state index contributed by atoms with van der Waals surface area (Å²) < 4.78 is 25.4. The Kier molecular flexibility index (Phi) is 11.4. The summed E-state index contributed by atoms with van der Waals surface area (Å²) >= 11 is 0. The summed E-state index contributed by atoms with van der Waals surface area (Å²) in [6.45, 7) is 3.71. The van der Waals surface area contributed by atoms with Crippen LogP contribution in [0.25, 0.3) is 0 Å². The van der Waals surface area contributed by atoms with Crippen molar-refractivity contribution in [2.24, 2.45) is 4.99 Å². The van der Waals surface area contributed by atoms with E-state index >= 15 is 0 Å². The minimum absolute atomic E-state index is 0. The van der Waals surface area contributed by atoms with Crippen molar-refractivity contribution in [3.63, 3.8) is 0 Å². The second kappa shape index (κ2) is 13.5. The Morgan fingerprint density at radius 2 is 1.97 bits per heavy atom. The van der Waals surface area contributed by atoms with Gasteiger partial charge in [0.25, 0.3) is 0 Å². The van der Waals surface area contributed by atoms with Crippen LogP contribution in [0.1, 0.15) is 56.9 Å². The largest absolute Gasteiger partial charge is 0.381 e. The molecular weight excluding hydrogens is 496 g/mol. The summed E-state index contributed by atoms with van der Waals surface area (Å²) in [6, 6.07) is 6.97. The van der Waals surface area contributed by atoms with E-state index in [1.165, 1.54) is 38.2 Å². The van der Waals surface area contributed by atoms with Crippen molar-refractivity contribution in [1.82, 2.24) is 10.6 Å². The third kappa shape index (κ3) is 7.64. The van der Waals surface area contributed by atoms with Gasteiger partial charge >= 0.3 is 0 Å². The number of benzene rings is 1. The van der Waals surface area contributed by atoms with Gasteiger partial charge in [-0.3, -0.25) is 4.99 Å². The highest BCUT2D eigenvalue weighted by Gasteiger charge is 2.34. The molecular formula is C23H37FIN3O2. The molecule has 1 aromatic carbocycles. The molecule has 0 spiro atoms. The van der Waals surface area contributed by atoms with E-state index < -0.39 is 0 Å². The molecule has 2 aliphatic rings. The zero-order chi connectivity index (χ0) is 20.4. The first-order chi connectivity index (χ1) is 14.2. The van der Waals surface area contributed by atoms with Crippen molar-refractivity contribution < 1.29 is 13.9 Å². The van der Waals surface area contributed by atoms with E-state index in [-0.39, 0.29) is 35.2 Å². The second-order valence-electron chi connectivity index (χ2n) is 8.24. The summed E-state index contributed by atoms with van der Waals surface area (Å²) in [5, 5.41) is 6.84. The van der Waals surface area contributed by atoms with Crippen molar-refractivity contribution in [1.29, 1.82) is 0 Å². The molecule has 2 fully saturated rings. The van der Waals surface area contributed by atoms with Crippen molar-refractivity contribution in [3.05, 3.63) is 35.6 Å². The van der Waals surface area contributed by atoms with Crippen molar-refractivity contribution >= 4 is 29.9 Å². The molecule has 170 valence electrons. The van der Waals surface area contributed by atoms with Gasteiger partial charge in [0, 0.05) is 45.4 Å². The molecule has 1 saturated heterocycles. The van der Waals surface area contributed by atoms with Gasteiger partial charge in [0.1, 0.15) is 5.82 Å². The predicted molar refractivity (Wildman–Crippen MR) is 130 cm³/mol. The smallest absolute Gasteiger partial charge is 0.191 e. The quantitative estimate of drug-likeness (QED) is 0.225. The van der Waals surface area contributed by atoms with Gasteiger partial charge < -0.3 is 20.1 Å². The molecule has 0 atom stereocenters. The Morgan fingerprint density at radius 3 is 2.67 bits per heavy atom. The maximum Gasteiger partial charge on any atom is 0.191 e. The normalized spacial score (nSPS) is 19.7. The second-order valence-corrected chi connectivity index (χ2v) is 8.24. The van der Waals surface area contributed by atoms with Crippen LogP contribution in [0.15, 0.2) is 29.3 Å². The third-order valence-corrected chi connectivity index (χ3v) is 6.22. The topological polar surface area (TPSA) is 54.9 Å². The molecule has 0 radical (unpaired) electrons. The summed E-state index contributed by atoms with van der Waals surface area (Å²) in [6.07, 6.45) is 9.54. The minimum atomic E-state index is -0.186. The number of halogens is 2. The fourth-order valence-electron chi connectivity index (χ4n) is 4.38. The number of hydrogen-bond acceptors (Lipinski definition) is 3. The molecule has 1 heterocycles. The lowest BCUT2D eigenvalue weighted by molar-refractivity contribution is 0.0276. The number of ether oxygens (including phenoxy) is 2. The zero-order valence-corrected chi connectivity index (χ0v) is 20.5. The number of nitrogens with one attached hydrogen (secondary N) is 2. The molecule has 2 N–H and O–H groups in total. The van der Waals surface area contributed by atoms with E-state index in [1.54, 1.807) is 19.2 Å². The van der Waals surface area contributed by atoms with Crippen LogP contribution >= 0.6 is 24.0 Å². The van der Waals surface area contributed by atoms with Crippen molar-refractivity contribution in [3.8, 4) is 0 Å². The molecule has 30 heavy (non-hydrogen) atoms. The number of guanidine groups is 1. The highest BCUT2D eigenvalue weighted by atomic mass is 127. The van der Waals surface area contributed by atoms with Crippen LogP contribution in [-0.2, 0) is 14.9 Å². The maximum absolute atomic E-state index is 13.8. The Hall–Kier alpha value is -0.930. The first kappa shape index (κ1) is 25.3. The van der Waals surface area contributed by atoms with Crippen LogP contribution in [0.4, 0.5) is 4.39 Å². The molecule has 1 aliphatic carbocycles. The molecule has 1 aromatic rings. The van der Waals surface area contributed by atoms with Gasteiger partial charge in [0.05, 0.1) is 6.10 Å². The summed E-state index contributed by atoms with van der Waals surface area (Å²) in [4.78, 5) is 4.35. The molecule has 0 unspecified atom stereocenters. The zero-order valence-electron chi connectivity index (χ0n) is 18.1. The molecule has 0 amide bonds. The van der Waals surface area contributed by atoms with Crippen LogP contribution in [0.5, 0.6) is 0 Å². The lowest BCUT2D eigenvalue weighted by atomic mass is 9.74. The van der Waals surface area contributed by atoms with E-state index in [0.29, 0.717) is 25.9 Å². The Bertz CT molecular complexity index is 647. The SMILES string of the molecule is CN=C(NCCCOC1CCCCC1)NCC1(c2cccc(F)c2)CCOCC1.I. The maximum atomic E-state index is 13.8. The van der Waals surface area contributed by atoms with E-state index in [9.17, 15) is 4.39 Å². The van der Waals surface area contributed by atoms with Crippen LogP contribution in [0.3, 0.4) is 0 Å². The first-order valence-electron chi connectivity index (χ1n) is 11.1. The summed E-state index contributed by atoms with van der Waals surface area (Å²) in [5.74, 6) is 0.596. The molecule has 3 rings (SSSR count). The van der Waals surface area contributed by atoms with Gasteiger partial charge in [-0.05, 0) is 49.8 Å². The highest BCUT2D eigenvalue weighted by Crippen LogP contribution is 2.34.